The second-order valence-corrected chi connectivity index (χ2v) is 6.22. The first kappa shape index (κ1) is 16.8. The van der Waals surface area contributed by atoms with E-state index in [0.29, 0.717) is 33.6 Å². The van der Waals surface area contributed by atoms with Gasteiger partial charge in [-0.15, -0.1) is 11.3 Å². The molecular weight excluding hydrogens is 343 g/mol. The molecule has 0 aliphatic rings. The minimum atomic E-state index is -0.172. The molecule has 0 saturated carbocycles. The van der Waals surface area contributed by atoms with Crippen molar-refractivity contribution in [2.24, 2.45) is 0 Å². The molecule has 1 aromatic carbocycles. The van der Waals surface area contributed by atoms with E-state index in [1.165, 1.54) is 11.3 Å². The van der Waals surface area contributed by atoms with E-state index in [4.69, 9.17) is 23.2 Å². The number of thiophene rings is 1. The van der Waals surface area contributed by atoms with Gasteiger partial charge in [-0.3, -0.25) is 9.59 Å². The molecular formula is C15H14Cl2N2O2S. The third-order valence-corrected chi connectivity index (χ3v) is 4.52. The lowest BCUT2D eigenvalue weighted by atomic mass is 10.2. The highest BCUT2D eigenvalue weighted by atomic mass is 35.5. The van der Waals surface area contributed by atoms with E-state index in [0.717, 1.165) is 0 Å². The zero-order chi connectivity index (χ0) is 15.9. The molecule has 0 bridgehead atoms. The summed E-state index contributed by atoms with van der Waals surface area (Å²) in [4.78, 5) is 24.2. The standard InChI is InChI=1S/C15H14Cl2N2O2S/c16-10-4-1-5-11(14(10)17)19-13(20)7-2-8-18-15(21)12-6-3-9-22-12/h1,3-6,9H,2,7-8H2,(H,18,21)(H,19,20). The van der Waals surface area contributed by atoms with Crippen LogP contribution in [0, 0.1) is 0 Å². The van der Waals surface area contributed by atoms with Crippen LogP contribution in [0.25, 0.3) is 0 Å². The molecule has 1 aromatic heterocycles. The largest absolute Gasteiger partial charge is 0.351 e. The average Bonchev–Trinajstić information content (AvgIpc) is 3.02. The van der Waals surface area contributed by atoms with Crippen LogP contribution in [0.4, 0.5) is 5.69 Å². The van der Waals surface area contributed by atoms with E-state index in [-0.39, 0.29) is 18.2 Å². The topological polar surface area (TPSA) is 58.2 Å². The van der Waals surface area contributed by atoms with Gasteiger partial charge in [0.25, 0.3) is 5.91 Å². The number of carbonyl (C=O) groups excluding carboxylic acids is 2. The molecule has 0 fully saturated rings. The van der Waals surface area contributed by atoms with E-state index in [1.54, 1.807) is 24.3 Å². The highest BCUT2D eigenvalue weighted by Crippen LogP contribution is 2.29. The van der Waals surface area contributed by atoms with Gasteiger partial charge in [0.05, 0.1) is 20.6 Å². The number of hydrogen-bond acceptors (Lipinski definition) is 3. The Bertz CT molecular complexity index is 660. The highest BCUT2D eigenvalue weighted by Gasteiger charge is 2.09. The van der Waals surface area contributed by atoms with Gasteiger partial charge >= 0.3 is 0 Å². The van der Waals surface area contributed by atoms with Gasteiger partial charge in [-0.25, -0.2) is 0 Å². The summed E-state index contributed by atoms with van der Waals surface area (Å²) in [6.07, 6.45) is 0.828. The summed E-state index contributed by atoms with van der Waals surface area (Å²) in [7, 11) is 0. The minimum Gasteiger partial charge on any atom is -0.351 e. The van der Waals surface area contributed by atoms with E-state index in [9.17, 15) is 9.59 Å². The van der Waals surface area contributed by atoms with Gasteiger partial charge in [0.15, 0.2) is 0 Å². The van der Waals surface area contributed by atoms with Crippen molar-refractivity contribution in [3.05, 3.63) is 50.6 Å². The normalized spacial score (nSPS) is 10.3. The maximum absolute atomic E-state index is 11.8. The molecule has 0 spiro atoms. The van der Waals surface area contributed by atoms with E-state index >= 15 is 0 Å². The molecule has 0 unspecified atom stereocenters. The van der Waals surface area contributed by atoms with Crippen molar-refractivity contribution in [1.29, 1.82) is 0 Å². The number of rotatable bonds is 6. The van der Waals surface area contributed by atoms with Gasteiger partial charge in [0.1, 0.15) is 0 Å². The highest BCUT2D eigenvalue weighted by molar-refractivity contribution is 7.12. The lowest BCUT2D eigenvalue weighted by molar-refractivity contribution is -0.116. The van der Waals surface area contributed by atoms with Gasteiger partial charge in [-0.05, 0) is 30.0 Å². The molecule has 7 heteroatoms. The van der Waals surface area contributed by atoms with Gasteiger partial charge in [0.2, 0.25) is 5.91 Å². The Balaban J connectivity index is 1.72. The first-order valence-electron chi connectivity index (χ1n) is 6.63. The van der Waals surface area contributed by atoms with Crippen molar-refractivity contribution in [1.82, 2.24) is 5.32 Å². The van der Waals surface area contributed by atoms with Gasteiger partial charge in [0, 0.05) is 13.0 Å². The molecule has 2 amide bonds. The predicted molar refractivity (Wildman–Crippen MR) is 91.0 cm³/mol. The van der Waals surface area contributed by atoms with Crippen molar-refractivity contribution >= 4 is 52.0 Å². The Morgan fingerprint density at radius 1 is 1.14 bits per heavy atom. The van der Waals surface area contributed by atoms with Crippen LogP contribution in [0.2, 0.25) is 10.0 Å². The second-order valence-electron chi connectivity index (χ2n) is 4.49. The van der Waals surface area contributed by atoms with Crippen molar-refractivity contribution in [3.8, 4) is 0 Å². The lowest BCUT2D eigenvalue weighted by Gasteiger charge is -2.08. The van der Waals surface area contributed by atoms with E-state index in [2.05, 4.69) is 10.6 Å². The number of carbonyl (C=O) groups is 2. The van der Waals surface area contributed by atoms with Crippen LogP contribution in [-0.4, -0.2) is 18.4 Å². The Hall–Kier alpha value is -1.56. The summed E-state index contributed by atoms with van der Waals surface area (Å²) in [5.74, 6) is -0.289. The predicted octanol–water partition coefficient (Wildman–Crippen LogP) is 4.20. The Morgan fingerprint density at radius 3 is 2.68 bits per heavy atom. The summed E-state index contributed by atoms with van der Waals surface area (Å²) in [6, 6.07) is 8.63. The molecule has 0 saturated heterocycles. The summed E-state index contributed by atoms with van der Waals surface area (Å²) < 4.78 is 0. The fourth-order valence-corrected chi connectivity index (χ4v) is 2.75. The SMILES string of the molecule is O=C(CCCNC(=O)c1cccs1)Nc1cccc(Cl)c1Cl. The first-order chi connectivity index (χ1) is 10.6. The summed E-state index contributed by atoms with van der Waals surface area (Å²) in [5, 5.41) is 8.03. The third kappa shape index (κ3) is 4.73. The van der Waals surface area contributed by atoms with E-state index in [1.807, 2.05) is 11.4 Å². The number of amides is 2. The average molecular weight is 357 g/mol. The van der Waals surface area contributed by atoms with Crippen LogP contribution in [0.3, 0.4) is 0 Å². The summed E-state index contributed by atoms with van der Waals surface area (Å²) >= 11 is 13.3. The smallest absolute Gasteiger partial charge is 0.261 e. The van der Waals surface area contributed by atoms with Crippen LogP contribution in [-0.2, 0) is 4.79 Å². The monoisotopic (exact) mass is 356 g/mol. The van der Waals surface area contributed by atoms with E-state index < -0.39 is 0 Å². The molecule has 2 rings (SSSR count). The summed E-state index contributed by atoms with van der Waals surface area (Å²) in [5.41, 5.74) is 0.488. The fourth-order valence-electron chi connectivity index (χ4n) is 1.76. The number of hydrogen-bond donors (Lipinski definition) is 2. The molecule has 2 N–H and O–H groups in total. The molecule has 116 valence electrons. The first-order valence-corrected chi connectivity index (χ1v) is 8.27. The molecule has 2 aromatic rings. The number of benzene rings is 1. The quantitative estimate of drug-likeness (QED) is 0.761. The van der Waals surface area contributed by atoms with Crippen molar-refractivity contribution in [2.75, 3.05) is 11.9 Å². The van der Waals surface area contributed by atoms with Crippen LogP contribution >= 0.6 is 34.5 Å². The zero-order valence-corrected chi connectivity index (χ0v) is 13.9. The molecule has 22 heavy (non-hydrogen) atoms. The van der Waals surface area contributed by atoms with Crippen LogP contribution in [0.5, 0.6) is 0 Å². The van der Waals surface area contributed by atoms with Crippen molar-refractivity contribution in [3.63, 3.8) is 0 Å². The van der Waals surface area contributed by atoms with Crippen LogP contribution in [0.15, 0.2) is 35.7 Å². The molecule has 1 heterocycles. The number of halogens is 2. The molecule has 0 aliphatic heterocycles. The molecule has 0 atom stereocenters. The Kier molecular flexibility index (Phi) is 6.24. The molecule has 0 aliphatic carbocycles. The zero-order valence-electron chi connectivity index (χ0n) is 11.6. The Morgan fingerprint density at radius 2 is 1.95 bits per heavy atom. The van der Waals surface area contributed by atoms with Gasteiger partial charge in [-0.1, -0.05) is 35.3 Å². The summed E-state index contributed by atoms with van der Waals surface area (Å²) in [6.45, 7) is 0.438. The fraction of sp³-hybridized carbons (Fsp3) is 0.200. The maximum Gasteiger partial charge on any atom is 0.261 e. The molecule has 4 nitrogen and oxygen atoms in total. The number of anilines is 1. The van der Waals surface area contributed by atoms with Crippen molar-refractivity contribution < 1.29 is 9.59 Å². The van der Waals surface area contributed by atoms with Gasteiger partial charge < -0.3 is 10.6 Å². The second kappa shape index (κ2) is 8.17. The van der Waals surface area contributed by atoms with Crippen LogP contribution in [0.1, 0.15) is 22.5 Å². The molecule has 0 radical (unpaired) electrons. The number of nitrogens with one attached hydrogen (secondary N) is 2. The lowest BCUT2D eigenvalue weighted by Crippen LogP contribution is -2.24. The van der Waals surface area contributed by atoms with Gasteiger partial charge in [-0.2, -0.15) is 0 Å². The van der Waals surface area contributed by atoms with Crippen LogP contribution < -0.4 is 10.6 Å². The minimum absolute atomic E-state index is 0.117. The maximum atomic E-state index is 11.8. The Labute approximate surface area is 142 Å². The third-order valence-electron chi connectivity index (χ3n) is 2.84. The van der Waals surface area contributed by atoms with Crippen molar-refractivity contribution in [2.45, 2.75) is 12.8 Å².